The number of ether oxygens (including phenoxy) is 1. The highest BCUT2D eigenvalue weighted by molar-refractivity contribution is 5.85. The average Bonchev–Trinajstić information content (AvgIpc) is 3.27. The maximum absolute atomic E-state index is 11.5. The fraction of sp³-hybridized carbons (Fsp3) is 0.533. The van der Waals surface area contributed by atoms with E-state index in [2.05, 4.69) is 17.4 Å². The normalized spacial score (nSPS) is 15.2. The number of halogens is 1. The second-order valence-corrected chi connectivity index (χ2v) is 5.09. The van der Waals surface area contributed by atoms with Crippen LogP contribution in [0.3, 0.4) is 0 Å². The van der Waals surface area contributed by atoms with Crippen LogP contribution in [0.4, 0.5) is 0 Å². The number of benzene rings is 1. The van der Waals surface area contributed by atoms with Crippen molar-refractivity contribution in [2.24, 2.45) is 11.7 Å². The third-order valence-electron chi connectivity index (χ3n) is 3.37. The zero-order chi connectivity index (χ0) is 13.5. The number of hydrogen-bond donors (Lipinski definition) is 2. The van der Waals surface area contributed by atoms with Crippen molar-refractivity contribution >= 4 is 18.3 Å². The van der Waals surface area contributed by atoms with E-state index >= 15 is 0 Å². The van der Waals surface area contributed by atoms with Gasteiger partial charge in [0, 0.05) is 12.6 Å². The Morgan fingerprint density at radius 3 is 2.70 bits per heavy atom. The molecule has 0 aromatic heterocycles. The molecular formula is C15H23ClN2O2. The van der Waals surface area contributed by atoms with Gasteiger partial charge in [0.05, 0.1) is 6.61 Å². The maximum Gasteiger partial charge on any atom is 0.246 e. The summed E-state index contributed by atoms with van der Waals surface area (Å²) in [5.74, 6) is 0.531. The zero-order valence-corrected chi connectivity index (χ0v) is 12.4. The fourth-order valence-corrected chi connectivity index (χ4v) is 1.97. The maximum atomic E-state index is 11.5. The van der Waals surface area contributed by atoms with E-state index in [0.29, 0.717) is 19.1 Å². The van der Waals surface area contributed by atoms with E-state index in [0.717, 1.165) is 6.42 Å². The summed E-state index contributed by atoms with van der Waals surface area (Å²) < 4.78 is 5.35. The van der Waals surface area contributed by atoms with E-state index < -0.39 is 0 Å². The highest BCUT2D eigenvalue weighted by Gasteiger charge is 2.28. The molecule has 1 aromatic carbocycles. The Hall–Kier alpha value is -1.10. The lowest BCUT2D eigenvalue weighted by Crippen LogP contribution is -2.40. The minimum atomic E-state index is -0.0795. The molecule has 1 unspecified atom stereocenters. The van der Waals surface area contributed by atoms with Crippen LogP contribution in [0.2, 0.25) is 0 Å². The second kappa shape index (κ2) is 8.95. The van der Waals surface area contributed by atoms with E-state index in [1.54, 1.807) is 0 Å². The van der Waals surface area contributed by atoms with Gasteiger partial charge in [-0.2, -0.15) is 0 Å². The Balaban J connectivity index is 0.00000200. The lowest BCUT2D eigenvalue weighted by molar-refractivity contribution is -0.125. The van der Waals surface area contributed by atoms with E-state index in [9.17, 15) is 4.79 Å². The van der Waals surface area contributed by atoms with Gasteiger partial charge < -0.3 is 15.8 Å². The SMILES string of the molecule is Cl.NC(CNC(=O)COCCc1ccccc1)C1CC1. The summed E-state index contributed by atoms with van der Waals surface area (Å²) in [5.41, 5.74) is 7.12. The summed E-state index contributed by atoms with van der Waals surface area (Å²) in [6.07, 6.45) is 3.23. The van der Waals surface area contributed by atoms with Crippen LogP contribution in [0.15, 0.2) is 30.3 Å². The third-order valence-corrected chi connectivity index (χ3v) is 3.37. The highest BCUT2D eigenvalue weighted by Crippen LogP contribution is 2.31. The van der Waals surface area contributed by atoms with Gasteiger partial charge in [-0.3, -0.25) is 4.79 Å². The summed E-state index contributed by atoms with van der Waals surface area (Å²) in [6, 6.07) is 10.2. The Morgan fingerprint density at radius 2 is 2.05 bits per heavy atom. The number of rotatable bonds is 8. The third kappa shape index (κ3) is 6.37. The van der Waals surface area contributed by atoms with Crippen LogP contribution in [0.1, 0.15) is 18.4 Å². The van der Waals surface area contributed by atoms with Crippen molar-refractivity contribution in [1.82, 2.24) is 5.32 Å². The van der Waals surface area contributed by atoms with E-state index in [-0.39, 0.29) is 31.0 Å². The molecule has 1 aliphatic carbocycles. The molecule has 1 atom stereocenters. The van der Waals surface area contributed by atoms with Crippen LogP contribution in [0.25, 0.3) is 0 Å². The Labute approximate surface area is 126 Å². The summed E-state index contributed by atoms with van der Waals surface area (Å²) in [6.45, 7) is 1.24. The lowest BCUT2D eigenvalue weighted by Gasteiger charge is -2.11. The Morgan fingerprint density at radius 1 is 1.35 bits per heavy atom. The number of hydrogen-bond acceptors (Lipinski definition) is 3. The van der Waals surface area contributed by atoms with Gasteiger partial charge in [-0.15, -0.1) is 12.4 Å². The smallest absolute Gasteiger partial charge is 0.246 e. The van der Waals surface area contributed by atoms with Crippen LogP contribution >= 0.6 is 12.4 Å². The van der Waals surface area contributed by atoms with Crippen molar-refractivity contribution in [1.29, 1.82) is 0 Å². The number of carbonyl (C=O) groups is 1. The summed E-state index contributed by atoms with van der Waals surface area (Å²) in [5, 5.41) is 2.81. The molecule has 0 bridgehead atoms. The number of carbonyl (C=O) groups excluding carboxylic acids is 1. The molecule has 1 saturated carbocycles. The average molecular weight is 299 g/mol. The molecule has 2 rings (SSSR count). The van der Waals surface area contributed by atoms with Gasteiger partial charge in [0.2, 0.25) is 5.91 Å². The largest absolute Gasteiger partial charge is 0.371 e. The molecule has 4 nitrogen and oxygen atoms in total. The first-order valence-electron chi connectivity index (χ1n) is 6.89. The number of nitrogens with two attached hydrogens (primary N) is 1. The molecule has 0 saturated heterocycles. The Kier molecular flexibility index (Phi) is 7.59. The van der Waals surface area contributed by atoms with Gasteiger partial charge in [0.1, 0.15) is 6.61 Å². The molecule has 0 radical (unpaired) electrons. The van der Waals surface area contributed by atoms with Gasteiger partial charge in [-0.05, 0) is 30.7 Å². The summed E-state index contributed by atoms with van der Waals surface area (Å²) >= 11 is 0. The van der Waals surface area contributed by atoms with Gasteiger partial charge in [-0.25, -0.2) is 0 Å². The van der Waals surface area contributed by atoms with Crippen molar-refractivity contribution in [2.75, 3.05) is 19.8 Å². The van der Waals surface area contributed by atoms with Crippen molar-refractivity contribution in [3.8, 4) is 0 Å². The molecule has 3 N–H and O–H groups in total. The summed E-state index contributed by atoms with van der Waals surface area (Å²) in [4.78, 5) is 11.5. The molecule has 0 heterocycles. The van der Waals surface area contributed by atoms with Crippen molar-refractivity contribution < 1.29 is 9.53 Å². The number of amides is 1. The van der Waals surface area contributed by atoms with Gasteiger partial charge in [0.15, 0.2) is 0 Å². The molecule has 0 spiro atoms. The minimum absolute atomic E-state index is 0. The van der Waals surface area contributed by atoms with Gasteiger partial charge in [-0.1, -0.05) is 30.3 Å². The molecule has 1 aliphatic rings. The molecule has 1 aromatic rings. The predicted molar refractivity (Wildman–Crippen MR) is 81.9 cm³/mol. The standard InChI is InChI=1S/C15H22N2O2.ClH/c16-14(13-6-7-13)10-17-15(18)11-19-9-8-12-4-2-1-3-5-12;/h1-5,13-14H,6-11,16H2,(H,17,18);1H. The monoisotopic (exact) mass is 298 g/mol. The molecule has 112 valence electrons. The first-order valence-corrected chi connectivity index (χ1v) is 6.89. The van der Waals surface area contributed by atoms with E-state index in [1.165, 1.54) is 18.4 Å². The van der Waals surface area contributed by atoms with Crippen LogP contribution in [-0.4, -0.2) is 31.7 Å². The zero-order valence-electron chi connectivity index (χ0n) is 11.6. The minimum Gasteiger partial charge on any atom is -0.371 e. The second-order valence-electron chi connectivity index (χ2n) is 5.09. The van der Waals surface area contributed by atoms with Crippen LogP contribution in [0, 0.1) is 5.92 Å². The molecule has 1 fully saturated rings. The molecule has 5 heteroatoms. The van der Waals surface area contributed by atoms with Gasteiger partial charge in [0.25, 0.3) is 0 Å². The molecule has 20 heavy (non-hydrogen) atoms. The van der Waals surface area contributed by atoms with E-state index in [1.807, 2.05) is 18.2 Å². The van der Waals surface area contributed by atoms with Crippen molar-refractivity contribution in [2.45, 2.75) is 25.3 Å². The van der Waals surface area contributed by atoms with Crippen LogP contribution in [-0.2, 0) is 16.0 Å². The number of nitrogens with one attached hydrogen (secondary N) is 1. The predicted octanol–water partition coefficient (Wildman–Crippen LogP) is 1.52. The quantitative estimate of drug-likeness (QED) is 0.715. The van der Waals surface area contributed by atoms with Crippen LogP contribution < -0.4 is 11.1 Å². The molecular weight excluding hydrogens is 276 g/mol. The van der Waals surface area contributed by atoms with Crippen LogP contribution in [0.5, 0.6) is 0 Å². The molecule has 0 aliphatic heterocycles. The summed E-state index contributed by atoms with van der Waals surface area (Å²) in [7, 11) is 0. The Bertz CT molecular complexity index is 396. The van der Waals surface area contributed by atoms with E-state index in [4.69, 9.17) is 10.5 Å². The van der Waals surface area contributed by atoms with Gasteiger partial charge >= 0.3 is 0 Å². The van der Waals surface area contributed by atoms with Crippen molar-refractivity contribution in [3.63, 3.8) is 0 Å². The first kappa shape index (κ1) is 17.0. The van der Waals surface area contributed by atoms with Crippen molar-refractivity contribution in [3.05, 3.63) is 35.9 Å². The fourth-order valence-electron chi connectivity index (χ4n) is 1.97. The topological polar surface area (TPSA) is 64.3 Å². The highest BCUT2D eigenvalue weighted by atomic mass is 35.5. The lowest BCUT2D eigenvalue weighted by atomic mass is 10.2. The first-order chi connectivity index (χ1) is 9.25. The molecule has 1 amide bonds.